The molecule has 3 aromatic rings. The Balaban J connectivity index is 1.75. The van der Waals surface area contributed by atoms with E-state index in [-0.39, 0.29) is 6.61 Å². The van der Waals surface area contributed by atoms with Crippen LogP contribution in [0.5, 0.6) is 0 Å². The normalized spacial score (nSPS) is 10.4. The van der Waals surface area contributed by atoms with Crippen LogP contribution in [0.2, 0.25) is 5.02 Å². The first-order valence-electron chi connectivity index (χ1n) is 9.22. The quantitative estimate of drug-likeness (QED) is 0.357. The maximum atomic E-state index is 12.7. The van der Waals surface area contributed by atoms with Crippen molar-refractivity contribution in [2.75, 3.05) is 18.5 Å². The first kappa shape index (κ1) is 21.3. The first-order chi connectivity index (χ1) is 14.1. The minimum absolute atomic E-state index is 0.288. The van der Waals surface area contributed by atoms with E-state index in [0.29, 0.717) is 27.2 Å². The third-order valence-electron chi connectivity index (χ3n) is 4.20. The molecule has 0 saturated carbocycles. The second kappa shape index (κ2) is 10.4. The van der Waals surface area contributed by atoms with Crippen LogP contribution in [-0.2, 0) is 11.2 Å². The number of anilines is 1. The topological polar surface area (TPSA) is 50.4 Å². The predicted molar refractivity (Wildman–Crippen MR) is 125 cm³/mol. The average Bonchev–Trinajstić information content (AvgIpc) is 3.12. The van der Waals surface area contributed by atoms with E-state index in [0.717, 1.165) is 17.5 Å². The number of carbonyl (C=O) groups excluding carboxylic acids is 1. The van der Waals surface area contributed by atoms with Gasteiger partial charge < -0.3 is 15.4 Å². The molecule has 1 heterocycles. The van der Waals surface area contributed by atoms with Crippen molar-refractivity contribution in [2.24, 2.45) is 0 Å². The zero-order valence-corrected chi connectivity index (χ0v) is 18.3. The molecule has 0 unspecified atom stereocenters. The molecule has 7 heteroatoms. The minimum atomic E-state index is -0.404. The smallest absolute Gasteiger partial charge is 0.341 e. The van der Waals surface area contributed by atoms with E-state index >= 15 is 0 Å². The number of ether oxygens (including phenoxy) is 1. The van der Waals surface area contributed by atoms with Gasteiger partial charge in [0, 0.05) is 28.1 Å². The van der Waals surface area contributed by atoms with Gasteiger partial charge in [-0.25, -0.2) is 4.79 Å². The van der Waals surface area contributed by atoms with Crippen molar-refractivity contribution in [1.82, 2.24) is 5.32 Å². The summed E-state index contributed by atoms with van der Waals surface area (Å²) in [7, 11) is 0. The molecular formula is C22H21ClN2O2S2. The van der Waals surface area contributed by atoms with Gasteiger partial charge in [0.15, 0.2) is 5.11 Å². The van der Waals surface area contributed by atoms with Gasteiger partial charge in [0.05, 0.1) is 6.61 Å². The van der Waals surface area contributed by atoms with E-state index in [1.165, 1.54) is 16.9 Å². The van der Waals surface area contributed by atoms with Crippen LogP contribution in [-0.4, -0.2) is 24.2 Å². The van der Waals surface area contributed by atoms with Crippen molar-refractivity contribution >= 4 is 51.2 Å². The molecule has 0 atom stereocenters. The summed E-state index contributed by atoms with van der Waals surface area (Å²) in [6, 6.07) is 17.6. The highest BCUT2D eigenvalue weighted by Gasteiger charge is 2.23. The largest absolute Gasteiger partial charge is 0.462 e. The Morgan fingerprint density at radius 3 is 2.55 bits per heavy atom. The van der Waals surface area contributed by atoms with E-state index in [1.54, 1.807) is 13.0 Å². The van der Waals surface area contributed by atoms with Gasteiger partial charge in [0.25, 0.3) is 0 Å². The van der Waals surface area contributed by atoms with Gasteiger partial charge in [0.2, 0.25) is 0 Å². The van der Waals surface area contributed by atoms with E-state index in [2.05, 4.69) is 22.8 Å². The van der Waals surface area contributed by atoms with Gasteiger partial charge in [-0.05, 0) is 37.2 Å². The summed E-state index contributed by atoms with van der Waals surface area (Å²) in [5, 5.41) is 9.89. The number of thiophene rings is 1. The maximum absolute atomic E-state index is 12.7. The standard InChI is InChI=1S/C22H21ClN2O2S2/c1-2-27-21(26)19-17(16-10-6-7-11-18(16)23)14-29-20(19)25-22(28)24-13-12-15-8-4-3-5-9-15/h3-11,14H,2,12-13H2,1H3,(H2,24,25,28). The molecule has 29 heavy (non-hydrogen) atoms. The Labute approximate surface area is 184 Å². The monoisotopic (exact) mass is 444 g/mol. The lowest BCUT2D eigenvalue weighted by atomic mass is 10.0. The van der Waals surface area contributed by atoms with Crippen LogP contribution in [0.15, 0.2) is 60.0 Å². The summed E-state index contributed by atoms with van der Waals surface area (Å²) in [5.41, 5.74) is 3.18. The van der Waals surface area contributed by atoms with Crippen LogP contribution in [0.4, 0.5) is 5.00 Å². The van der Waals surface area contributed by atoms with Crippen molar-refractivity contribution in [3.8, 4) is 11.1 Å². The number of rotatable bonds is 7. The minimum Gasteiger partial charge on any atom is -0.462 e. The Bertz CT molecular complexity index is 989. The van der Waals surface area contributed by atoms with Crippen molar-refractivity contribution in [3.63, 3.8) is 0 Å². The van der Waals surface area contributed by atoms with E-state index < -0.39 is 5.97 Å². The zero-order valence-electron chi connectivity index (χ0n) is 15.9. The molecule has 2 N–H and O–H groups in total. The SMILES string of the molecule is CCOC(=O)c1c(-c2ccccc2Cl)csc1NC(=S)NCCc1ccccc1. The second-order valence-electron chi connectivity index (χ2n) is 6.17. The second-order valence-corrected chi connectivity index (χ2v) is 7.87. The number of thiocarbonyl (C=S) groups is 1. The van der Waals surface area contributed by atoms with Gasteiger partial charge >= 0.3 is 5.97 Å². The maximum Gasteiger partial charge on any atom is 0.341 e. The lowest BCUT2D eigenvalue weighted by molar-refractivity contribution is 0.0529. The average molecular weight is 445 g/mol. The van der Waals surface area contributed by atoms with Gasteiger partial charge in [-0.15, -0.1) is 11.3 Å². The molecule has 0 fully saturated rings. The van der Waals surface area contributed by atoms with Gasteiger partial charge in [-0.3, -0.25) is 0 Å². The third-order valence-corrected chi connectivity index (χ3v) is 5.68. The lowest BCUT2D eigenvalue weighted by Crippen LogP contribution is -2.30. The molecule has 0 saturated heterocycles. The molecule has 0 aliphatic heterocycles. The summed E-state index contributed by atoms with van der Waals surface area (Å²) in [5.74, 6) is -0.404. The van der Waals surface area contributed by atoms with Crippen LogP contribution in [0, 0.1) is 0 Å². The zero-order chi connectivity index (χ0) is 20.6. The number of hydrogen-bond acceptors (Lipinski definition) is 4. The van der Waals surface area contributed by atoms with Crippen LogP contribution in [0.25, 0.3) is 11.1 Å². The number of benzene rings is 2. The lowest BCUT2D eigenvalue weighted by Gasteiger charge is -2.12. The molecule has 150 valence electrons. The number of esters is 1. The summed E-state index contributed by atoms with van der Waals surface area (Å²) in [4.78, 5) is 12.7. The molecular weight excluding hydrogens is 424 g/mol. The molecule has 0 aliphatic rings. The fraction of sp³-hybridized carbons (Fsp3) is 0.182. The van der Waals surface area contributed by atoms with E-state index in [4.69, 9.17) is 28.6 Å². The fourth-order valence-corrected chi connectivity index (χ4v) is 4.30. The van der Waals surface area contributed by atoms with Crippen LogP contribution in [0.1, 0.15) is 22.8 Å². The highest BCUT2D eigenvalue weighted by molar-refractivity contribution is 7.80. The van der Waals surface area contributed by atoms with Crippen molar-refractivity contribution < 1.29 is 9.53 Å². The van der Waals surface area contributed by atoms with Gasteiger partial charge in [0.1, 0.15) is 10.6 Å². The molecule has 2 aromatic carbocycles. The van der Waals surface area contributed by atoms with Crippen LogP contribution < -0.4 is 10.6 Å². The highest BCUT2D eigenvalue weighted by atomic mass is 35.5. The van der Waals surface area contributed by atoms with E-state index in [9.17, 15) is 4.79 Å². The summed E-state index contributed by atoms with van der Waals surface area (Å²) >= 11 is 13.2. The third kappa shape index (κ3) is 5.56. The molecule has 4 nitrogen and oxygen atoms in total. The van der Waals surface area contributed by atoms with Crippen molar-refractivity contribution in [2.45, 2.75) is 13.3 Å². The Kier molecular flexibility index (Phi) is 7.63. The highest BCUT2D eigenvalue weighted by Crippen LogP contribution is 2.39. The predicted octanol–water partition coefficient (Wildman–Crippen LogP) is 5.77. The molecule has 0 aliphatic carbocycles. The van der Waals surface area contributed by atoms with E-state index in [1.807, 2.05) is 41.8 Å². The van der Waals surface area contributed by atoms with Crippen molar-refractivity contribution in [1.29, 1.82) is 0 Å². The number of hydrogen-bond donors (Lipinski definition) is 2. The Hall–Kier alpha value is -2.41. The molecule has 0 amide bonds. The molecule has 0 bridgehead atoms. The van der Waals surface area contributed by atoms with Gasteiger partial charge in [-0.2, -0.15) is 0 Å². The van der Waals surface area contributed by atoms with Crippen LogP contribution in [0.3, 0.4) is 0 Å². The number of nitrogens with one attached hydrogen (secondary N) is 2. The summed E-state index contributed by atoms with van der Waals surface area (Å²) in [6.07, 6.45) is 0.850. The summed E-state index contributed by atoms with van der Waals surface area (Å²) < 4.78 is 5.27. The molecule has 1 aromatic heterocycles. The number of carbonyl (C=O) groups is 1. The summed E-state index contributed by atoms with van der Waals surface area (Å²) in [6.45, 7) is 2.76. The molecule has 3 rings (SSSR count). The Morgan fingerprint density at radius 2 is 1.83 bits per heavy atom. The first-order valence-corrected chi connectivity index (χ1v) is 10.9. The van der Waals surface area contributed by atoms with Crippen molar-refractivity contribution in [3.05, 3.63) is 76.1 Å². The van der Waals surface area contributed by atoms with Gasteiger partial charge in [-0.1, -0.05) is 60.1 Å². The number of halogens is 1. The Morgan fingerprint density at radius 1 is 1.10 bits per heavy atom. The molecule has 0 spiro atoms. The fourth-order valence-electron chi connectivity index (χ4n) is 2.85. The molecule has 0 radical (unpaired) electrons. The van der Waals surface area contributed by atoms with Crippen LogP contribution >= 0.6 is 35.2 Å².